The number of benzene rings is 1. The highest BCUT2D eigenvalue weighted by atomic mass is 32.2. The third-order valence-electron chi connectivity index (χ3n) is 6.03. The van der Waals surface area contributed by atoms with Crippen LogP contribution >= 0.6 is 0 Å². The van der Waals surface area contributed by atoms with Crippen LogP contribution in [-0.2, 0) is 15.6 Å². The Morgan fingerprint density at radius 1 is 1.24 bits per heavy atom. The summed E-state index contributed by atoms with van der Waals surface area (Å²) in [5, 5.41) is 11.5. The maximum absolute atomic E-state index is 12.9. The molecular formula is C21H26O3S. The Labute approximate surface area is 152 Å². The van der Waals surface area contributed by atoms with E-state index in [0.717, 1.165) is 5.56 Å². The minimum Gasteiger partial charge on any atom is -0.384 e. The van der Waals surface area contributed by atoms with Crippen molar-refractivity contribution in [2.24, 2.45) is 17.3 Å². The molecule has 0 saturated carbocycles. The minimum absolute atomic E-state index is 0.0433. The molecule has 0 amide bonds. The van der Waals surface area contributed by atoms with Crippen LogP contribution in [0.2, 0.25) is 0 Å². The van der Waals surface area contributed by atoms with Crippen molar-refractivity contribution in [2.45, 2.75) is 44.6 Å². The maximum atomic E-state index is 12.9. The van der Waals surface area contributed by atoms with Crippen LogP contribution in [0, 0.1) is 24.2 Å². The van der Waals surface area contributed by atoms with Crippen LogP contribution in [0.15, 0.2) is 53.0 Å². The number of hydrogen-bond acceptors (Lipinski definition) is 3. The molecule has 1 aromatic carbocycles. The lowest BCUT2D eigenvalue weighted by molar-refractivity contribution is -0.139. The Balaban J connectivity index is 1.98. The van der Waals surface area contributed by atoms with E-state index in [4.69, 9.17) is 0 Å². The lowest BCUT2D eigenvalue weighted by atomic mass is 9.53. The van der Waals surface area contributed by atoms with E-state index in [1.807, 2.05) is 51.1 Å². The highest BCUT2D eigenvalue weighted by Gasteiger charge is 2.57. The smallest absolute Gasteiger partial charge is 0.165 e. The molecule has 0 aromatic heterocycles. The Kier molecular flexibility index (Phi) is 4.63. The first-order valence-electron chi connectivity index (χ1n) is 8.77. The monoisotopic (exact) mass is 358 g/mol. The fourth-order valence-electron chi connectivity index (χ4n) is 4.36. The predicted octanol–water partition coefficient (Wildman–Crippen LogP) is 3.58. The summed E-state index contributed by atoms with van der Waals surface area (Å²) >= 11 is 0. The summed E-state index contributed by atoms with van der Waals surface area (Å²) in [5.41, 5.74) is -0.219. The van der Waals surface area contributed by atoms with Crippen LogP contribution in [0.25, 0.3) is 0 Å². The molecule has 4 heteroatoms. The van der Waals surface area contributed by atoms with E-state index in [1.165, 1.54) is 0 Å². The second-order valence-electron chi connectivity index (χ2n) is 7.74. The van der Waals surface area contributed by atoms with Crippen molar-refractivity contribution in [3.05, 3.63) is 53.6 Å². The van der Waals surface area contributed by atoms with E-state index in [1.54, 1.807) is 13.0 Å². The Morgan fingerprint density at radius 2 is 1.88 bits per heavy atom. The highest BCUT2D eigenvalue weighted by molar-refractivity contribution is 7.85. The SMILES string of the molecule is CC1=C[C@@](O)(C[S@@](=O)c2ccc(C)cc2)[C@@H]2CC=C[C@H](C)[C@]2(C)C1=O. The summed E-state index contributed by atoms with van der Waals surface area (Å²) in [5.74, 6) is -0.00548. The van der Waals surface area contributed by atoms with Crippen LogP contribution in [-0.4, -0.2) is 26.5 Å². The zero-order valence-electron chi connectivity index (χ0n) is 15.3. The van der Waals surface area contributed by atoms with Crippen molar-refractivity contribution in [3.63, 3.8) is 0 Å². The molecule has 0 heterocycles. The van der Waals surface area contributed by atoms with Crippen LogP contribution < -0.4 is 0 Å². The van der Waals surface area contributed by atoms with E-state index in [2.05, 4.69) is 6.08 Å². The number of Topliss-reactive ketones (excluding diaryl/α,β-unsaturated/α-hetero) is 1. The van der Waals surface area contributed by atoms with Gasteiger partial charge in [0, 0.05) is 16.2 Å². The molecule has 3 rings (SSSR count). The molecule has 1 N–H and O–H groups in total. The van der Waals surface area contributed by atoms with Gasteiger partial charge in [0.05, 0.1) is 22.2 Å². The van der Waals surface area contributed by atoms with Gasteiger partial charge >= 0.3 is 0 Å². The highest BCUT2D eigenvalue weighted by Crippen LogP contribution is 2.52. The molecule has 0 radical (unpaired) electrons. The van der Waals surface area contributed by atoms with E-state index in [0.29, 0.717) is 16.9 Å². The number of carbonyl (C=O) groups excluding carboxylic acids is 1. The standard InChI is InChI=1S/C21H26O3S/c1-14-8-10-17(11-9-14)25(24)13-21(23)12-15(2)19(22)20(4)16(3)6-5-7-18(20)21/h5-6,8-12,16,18,23H,7,13H2,1-4H3/t16-,18+,20-,21+,25+/m0/s1. The van der Waals surface area contributed by atoms with Gasteiger partial charge in [0.2, 0.25) is 0 Å². The molecule has 2 aliphatic rings. The van der Waals surface area contributed by atoms with Crippen molar-refractivity contribution in [2.75, 3.05) is 5.75 Å². The third kappa shape index (κ3) is 2.96. The zero-order valence-corrected chi connectivity index (χ0v) is 16.1. The quantitative estimate of drug-likeness (QED) is 0.840. The van der Waals surface area contributed by atoms with Gasteiger partial charge < -0.3 is 5.11 Å². The molecule has 0 aliphatic heterocycles. The molecule has 134 valence electrons. The second-order valence-corrected chi connectivity index (χ2v) is 9.19. The molecule has 2 aliphatic carbocycles. The molecule has 5 atom stereocenters. The number of ketones is 1. The van der Waals surface area contributed by atoms with Crippen LogP contribution in [0.3, 0.4) is 0 Å². The fourth-order valence-corrected chi connectivity index (χ4v) is 5.67. The minimum atomic E-state index is -1.33. The topological polar surface area (TPSA) is 54.4 Å². The molecule has 3 nitrogen and oxygen atoms in total. The molecule has 0 unspecified atom stereocenters. The van der Waals surface area contributed by atoms with Crippen molar-refractivity contribution in [1.29, 1.82) is 0 Å². The van der Waals surface area contributed by atoms with Gasteiger partial charge in [-0.3, -0.25) is 9.00 Å². The molecule has 0 spiro atoms. The largest absolute Gasteiger partial charge is 0.384 e. The van der Waals surface area contributed by atoms with Crippen molar-refractivity contribution in [3.8, 4) is 0 Å². The summed E-state index contributed by atoms with van der Waals surface area (Å²) in [4.78, 5) is 13.6. The van der Waals surface area contributed by atoms with Gasteiger partial charge in [-0.05, 0) is 50.0 Å². The summed E-state index contributed by atoms with van der Waals surface area (Å²) in [6.07, 6.45) is 6.38. The number of aliphatic hydroxyl groups is 1. The van der Waals surface area contributed by atoms with Crippen LogP contribution in [0.4, 0.5) is 0 Å². The summed E-state index contributed by atoms with van der Waals surface area (Å²) < 4.78 is 12.9. The van der Waals surface area contributed by atoms with Gasteiger partial charge in [-0.25, -0.2) is 0 Å². The molecule has 0 saturated heterocycles. The average molecular weight is 359 g/mol. The number of aryl methyl sites for hydroxylation is 1. The third-order valence-corrected chi connectivity index (χ3v) is 7.55. The first-order chi connectivity index (χ1) is 11.7. The zero-order chi connectivity index (χ0) is 18.4. The Morgan fingerprint density at radius 3 is 2.52 bits per heavy atom. The summed E-state index contributed by atoms with van der Waals surface area (Å²) in [6, 6.07) is 7.56. The normalized spacial score (nSPS) is 35.9. The first kappa shape index (κ1) is 18.3. The summed E-state index contributed by atoms with van der Waals surface area (Å²) in [6.45, 7) is 7.72. The van der Waals surface area contributed by atoms with E-state index >= 15 is 0 Å². The number of fused-ring (bicyclic) bond motifs is 1. The molecule has 0 bridgehead atoms. The van der Waals surface area contributed by atoms with Crippen LogP contribution in [0.1, 0.15) is 32.8 Å². The van der Waals surface area contributed by atoms with E-state index in [9.17, 15) is 14.1 Å². The first-order valence-corrected chi connectivity index (χ1v) is 10.1. The Hall–Kier alpha value is -1.52. The van der Waals surface area contributed by atoms with Gasteiger partial charge in [0.15, 0.2) is 5.78 Å². The lowest BCUT2D eigenvalue weighted by Crippen LogP contribution is -2.58. The van der Waals surface area contributed by atoms with Crippen molar-refractivity contribution >= 4 is 16.6 Å². The van der Waals surface area contributed by atoms with Gasteiger partial charge in [-0.15, -0.1) is 0 Å². The van der Waals surface area contributed by atoms with Gasteiger partial charge in [0.1, 0.15) is 0 Å². The predicted molar refractivity (Wildman–Crippen MR) is 101 cm³/mol. The molecule has 25 heavy (non-hydrogen) atoms. The van der Waals surface area contributed by atoms with Crippen LogP contribution in [0.5, 0.6) is 0 Å². The summed E-state index contributed by atoms with van der Waals surface area (Å²) in [7, 11) is -1.33. The van der Waals surface area contributed by atoms with Crippen molar-refractivity contribution < 1.29 is 14.1 Å². The van der Waals surface area contributed by atoms with Gasteiger partial charge in [-0.1, -0.05) is 43.7 Å². The molecule has 0 fully saturated rings. The van der Waals surface area contributed by atoms with Gasteiger partial charge in [-0.2, -0.15) is 0 Å². The molecular weight excluding hydrogens is 332 g/mol. The maximum Gasteiger partial charge on any atom is 0.165 e. The average Bonchev–Trinajstić information content (AvgIpc) is 2.55. The van der Waals surface area contributed by atoms with Gasteiger partial charge in [0.25, 0.3) is 0 Å². The number of rotatable bonds is 3. The number of allylic oxidation sites excluding steroid dienone is 3. The van der Waals surface area contributed by atoms with Crippen molar-refractivity contribution in [1.82, 2.24) is 0 Å². The number of hydrogen-bond donors (Lipinski definition) is 1. The fraction of sp³-hybridized carbons (Fsp3) is 0.476. The number of carbonyl (C=O) groups is 1. The van der Waals surface area contributed by atoms with E-state index < -0.39 is 21.8 Å². The second kappa shape index (κ2) is 6.33. The van der Waals surface area contributed by atoms with E-state index in [-0.39, 0.29) is 23.4 Å². The molecule has 1 aromatic rings. The lowest BCUT2D eigenvalue weighted by Gasteiger charge is -2.51. The Bertz CT molecular complexity index is 777.